The maximum atomic E-state index is 14.2. The van der Waals surface area contributed by atoms with E-state index in [-0.39, 0.29) is 0 Å². The molecule has 0 fully saturated rings. The number of nitrogens with zero attached hydrogens (tertiary/aromatic N) is 1. The van der Waals surface area contributed by atoms with Gasteiger partial charge in [-0.1, -0.05) is 78.4 Å². The molecule has 75 heavy (non-hydrogen) atoms. The summed E-state index contributed by atoms with van der Waals surface area (Å²) in [5.74, 6) is 0.835. The third-order valence-electron chi connectivity index (χ3n) is 11.3. The predicted molar refractivity (Wildman–Crippen MR) is 221 cm³/mol. The first kappa shape index (κ1) is 57.2. The Bertz CT molecular complexity index is 2750. The molecular formula is C48H26BF24NO. The molecule has 7 aromatic rings. The Balaban J connectivity index is 0.000000421. The molecule has 0 radical (unpaired) electrons. The van der Waals surface area contributed by atoms with Crippen molar-refractivity contribution in [2.24, 2.45) is 0 Å². The topological polar surface area (TPSA) is 13.1 Å². The molecular weight excluding hydrogens is 1070 g/mol. The van der Waals surface area contributed by atoms with Crippen LogP contribution in [-0.4, -0.2) is 6.15 Å². The number of alkyl halides is 24. The van der Waals surface area contributed by atoms with Crippen LogP contribution < -0.4 is 31.4 Å². The summed E-state index contributed by atoms with van der Waals surface area (Å²) in [5.41, 5.74) is -27.9. The fraction of sp³-hybridized carbons (Fsp3) is 0.188. The molecule has 27 heteroatoms. The van der Waals surface area contributed by atoms with Gasteiger partial charge < -0.3 is 0 Å². The Hall–Kier alpha value is -7.09. The van der Waals surface area contributed by atoms with Gasteiger partial charge in [-0.25, -0.2) is 4.84 Å². The summed E-state index contributed by atoms with van der Waals surface area (Å²) in [7, 11) is 0. The SMILES string of the molecule is Cc1ccc(O[n+]2cccc3ccccc32)cc1.FC(F)(F)c1cc([B-](c2cc(C(F)(F)F)cc(C(F)(F)F)c2)(c2cc(C(F)(F)F)cc(C(F)(F)F)c2)c2cc(C(F)(F)F)cc(C(F)(F)F)c2)cc(C(F)(F)F)c1. The normalized spacial score (nSPS) is 13.4. The maximum absolute atomic E-state index is 14.2. The number of pyridine rings is 1. The molecule has 1 heterocycles. The first-order valence-corrected chi connectivity index (χ1v) is 20.6. The Kier molecular flexibility index (Phi) is 14.9. The van der Waals surface area contributed by atoms with Gasteiger partial charge >= 0.3 is 49.4 Å². The molecule has 0 atom stereocenters. The van der Waals surface area contributed by atoms with Gasteiger partial charge in [0.25, 0.3) is 5.52 Å². The Morgan fingerprint density at radius 2 is 0.573 bits per heavy atom. The van der Waals surface area contributed by atoms with E-state index in [0.717, 1.165) is 16.7 Å². The number of fused-ring (bicyclic) bond motifs is 1. The molecule has 0 spiro atoms. The van der Waals surface area contributed by atoms with Crippen molar-refractivity contribution in [3.63, 3.8) is 0 Å². The van der Waals surface area contributed by atoms with Crippen molar-refractivity contribution >= 4 is 38.9 Å². The summed E-state index contributed by atoms with van der Waals surface area (Å²) in [4.78, 5) is 5.86. The zero-order valence-corrected chi connectivity index (χ0v) is 36.8. The minimum absolute atomic E-state index is 0.691. The van der Waals surface area contributed by atoms with Crippen LogP contribution in [0.1, 0.15) is 50.1 Å². The molecule has 1 aromatic heterocycles. The molecule has 0 unspecified atom stereocenters. The fourth-order valence-electron chi connectivity index (χ4n) is 8.00. The van der Waals surface area contributed by atoms with E-state index in [4.69, 9.17) is 4.84 Å². The van der Waals surface area contributed by atoms with Gasteiger partial charge in [-0.3, -0.25) is 0 Å². The predicted octanol–water partition coefficient (Wildman–Crippen LogP) is 14.5. The number of para-hydroxylation sites is 1. The van der Waals surface area contributed by atoms with Crippen LogP contribution in [0.15, 0.2) is 140 Å². The number of halogens is 24. The average molecular weight is 1100 g/mol. The van der Waals surface area contributed by atoms with Crippen LogP contribution >= 0.6 is 0 Å². The fourth-order valence-corrected chi connectivity index (χ4v) is 8.00. The van der Waals surface area contributed by atoms with E-state index in [2.05, 4.69) is 19.1 Å². The van der Waals surface area contributed by atoms with Crippen molar-refractivity contribution in [1.82, 2.24) is 0 Å². The van der Waals surface area contributed by atoms with Crippen molar-refractivity contribution < 1.29 is 115 Å². The lowest BCUT2D eigenvalue weighted by molar-refractivity contribution is -0.854. The van der Waals surface area contributed by atoms with E-state index in [9.17, 15) is 105 Å². The van der Waals surface area contributed by atoms with E-state index >= 15 is 0 Å². The third kappa shape index (κ3) is 12.9. The number of rotatable bonds is 6. The molecule has 0 saturated carbocycles. The van der Waals surface area contributed by atoms with Crippen LogP contribution in [0.2, 0.25) is 0 Å². The average Bonchev–Trinajstić information content (AvgIpc) is 3.28. The van der Waals surface area contributed by atoms with Crippen molar-refractivity contribution in [2.45, 2.75) is 56.3 Å². The maximum Gasteiger partial charge on any atom is 0.416 e. The van der Waals surface area contributed by atoms with Crippen molar-refractivity contribution in [3.05, 3.63) is 190 Å². The highest BCUT2D eigenvalue weighted by Crippen LogP contribution is 2.41. The van der Waals surface area contributed by atoms with E-state index in [1.54, 1.807) is 4.73 Å². The summed E-state index contributed by atoms with van der Waals surface area (Å²) >= 11 is 0. The molecule has 0 aliphatic carbocycles. The third-order valence-corrected chi connectivity index (χ3v) is 11.3. The Labute approximate surface area is 405 Å². The van der Waals surface area contributed by atoms with Gasteiger partial charge in [-0.05, 0) is 55.5 Å². The molecule has 0 amide bonds. The van der Waals surface area contributed by atoms with E-state index in [1.165, 1.54) is 5.56 Å². The van der Waals surface area contributed by atoms with Gasteiger partial charge in [0.15, 0.2) is 0 Å². The van der Waals surface area contributed by atoms with Crippen LogP contribution in [0.4, 0.5) is 105 Å². The second kappa shape index (κ2) is 19.6. The second-order valence-electron chi connectivity index (χ2n) is 16.5. The van der Waals surface area contributed by atoms with Crippen molar-refractivity contribution in [2.75, 3.05) is 0 Å². The molecule has 0 aliphatic rings. The van der Waals surface area contributed by atoms with Gasteiger partial charge in [-0.2, -0.15) is 127 Å². The monoisotopic (exact) mass is 1100 g/mol. The highest BCUT2D eigenvalue weighted by atomic mass is 19.4. The van der Waals surface area contributed by atoms with Gasteiger partial charge in [0, 0.05) is 16.9 Å². The standard InChI is InChI=1S/C32H12BF24.C16H14NO/c34-25(35,36)13-1-14(26(37,38)39)6-21(5-13)33(22-7-15(27(40,41)42)2-16(8-22)28(43,44)45,23-9-17(29(46,47)48)3-18(10-23)30(49,50)51)24-11-19(31(52,53)54)4-20(12-24)32(55,56)57;1-13-8-10-15(11-9-13)18-17-12-4-6-14-5-2-3-7-16(14)17/h1-12H;2-12H,1H3/q-1;+1. The molecule has 7 rings (SSSR count). The zero-order chi connectivity index (χ0) is 56.3. The quantitative estimate of drug-likeness (QED) is 0.0919. The van der Waals surface area contributed by atoms with Gasteiger partial charge in [0.2, 0.25) is 11.9 Å². The van der Waals surface area contributed by atoms with Crippen LogP contribution in [0.5, 0.6) is 5.75 Å². The van der Waals surface area contributed by atoms with Crippen LogP contribution in [0.25, 0.3) is 10.9 Å². The molecule has 0 saturated heterocycles. The lowest BCUT2D eigenvalue weighted by Gasteiger charge is -2.46. The van der Waals surface area contributed by atoms with E-state index in [1.807, 2.05) is 54.7 Å². The highest BCUT2D eigenvalue weighted by Gasteiger charge is 2.47. The molecule has 0 bridgehead atoms. The Morgan fingerprint density at radius 1 is 0.320 bits per heavy atom. The minimum Gasteiger partial charge on any atom is -0.231 e. The zero-order valence-electron chi connectivity index (χ0n) is 36.8. The summed E-state index contributed by atoms with van der Waals surface area (Å²) in [6, 6.07) is 11.4. The van der Waals surface area contributed by atoms with Gasteiger partial charge in [-0.15, -0.1) is 0 Å². The molecule has 400 valence electrons. The van der Waals surface area contributed by atoms with E-state index in [0.29, 0.717) is 0 Å². The minimum atomic E-state index is -6.13. The summed E-state index contributed by atoms with van der Waals surface area (Å²) in [6.07, 6.45) is -52.9. The molecule has 0 N–H and O–H groups in total. The highest BCUT2D eigenvalue weighted by molar-refractivity contribution is 7.20. The number of aromatic nitrogens is 1. The first-order valence-electron chi connectivity index (χ1n) is 20.6. The van der Waals surface area contributed by atoms with Gasteiger partial charge in [0.05, 0.1) is 49.9 Å². The van der Waals surface area contributed by atoms with Crippen molar-refractivity contribution in [3.8, 4) is 5.75 Å². The van der Waals surface area contributed by atoms with Crippen molar-refractivity contribution in [1.29, 1.82) is 0 Å². The van der Waals surface area contributed by atoms with Crippen LogP contribution in [0, 0.1) is 6.92 Å². The number of hydrogen-bond acceptors (Lipinski definition) is 1. The van der Waals surface area contributed by atoms with E-state index < -0.39 is 195 Å². The van der Waals surface area contributed by atoms with Gasteiger partial charge in [0.1, 0.15) is 6.15 Å². The summed E-state index contributed by atoms with van der Waals surface area (Å²) < 4.78 is 343. The Morgan fingerprint density at radius 3 is 0.840 bits per heavy atom. The molecule has 0 aliphatic heterocycles. The lowest BCUT2D eigenvalue weighted by Crippen LogP contribution is -2.75. The summed E-state index contributed by atoms with van der Waals surface area (Å²) in [6.45, 7) is 2.06. The van der Waals surface area contributed by atoms with Crippen LogP contribution in [-0.2, 0) is 49.4 Å². The second-order valence-corrected chi connectivity index (χ2v) is 16.5. The number of hydrogen-bond donors (Lipinski definition) is 0. The first-order chi connectivity index (χ1) is 34.1. The smallest absolute Gasteiger partial charge is 0.231 e. The number of benzene rings is 6. The number of aryl methyl sites for hydroxylation is 1. The molecule has 6 aromatic carbocycles. The lowest BCUT2D eigenvalue weighted by atomic mass is 9.12. The summed E-state index contributed by atoms with van der Waals surface area (Å²) in [5, 5.41) is 1.16. The van der Waals surface area contributed by atoms with Crippen LogP contribution in [0.3, 0.4) is 0 Å². The largest absolute Gasteiger partial charge is 0.416 e. The molecule has 2 nitrogen and oxygen atoms in total.